The van der Waals surface area contributed by atoms with Crippen molar-refractivity contribution >= 4 is 32.2 Å². The van der Waals surface area contributed by atoms with E-state index in [1.807, 2.05) is 12.1 Å². The monoisotopic (exact) mass is 302 g/mol. The molecular formula is C12H18N2O3S2. The van der Waals surface area contributed by atoms with E-state index in [0.29, 0.717) is 6.42 Å². The van der Waals surface area contributed by atoms with E-state index in [0.717, 1.165) is 11.4 Å². The molecule has 2 heterocycles. The molecule has 2 N–H and O–H groups in total. The van der Waals surface area contributed by atoms with Crippen LogP contribution in [0.2, 0.25) is 0 Å². The zero-order valence-electron chi connectivity index (χ0n) is 11.0. The highest BCUT2D eigenvalue weighted by Gasteiger charge is 2.39. The van der Waals surface area contributed by atoms with Gasteiger partial charge in [-0.3, -0.25) is 5.32 Å². The van der Waals surface area contributed by atoms with Gasteiger partial charge in [0.2, 0.25) is 0 Å². The minimum atomic E-state index is -3.01. The van der Waals surface area contributed by atoms with Crippen molar-refractivity contribution in [3.8, 4) is 0 Å². The van der Waals surface area contributed by atoms with Gasteiger partial charge in [0.25, 0.3) is 0 Å². The molecule has 0 spiro atoms. The van der Waals surface area contributed by atoms with Crippen molar-refractivity contribution in [1.29, 1.82) is 0 Å². The van der Waals surface area contributed by atoms with E-state index in [-0.39, 0.29) is 17.5 Å². The standard InChI is InChI=1S/C12H18N2O3S2/c1-3-9-4-5-10(18-9)13-11(15)14-12(2)6-7-19(16,17)8-12/h4-5H,3,6-8H2,1-2H3,(H2,13,14,15)/t12-/m1/s1. The Balaban J connectivity index is 1.95. The summed E-state index contributed by atoms with van der Waals surface area (Å²) in [5, 5.41) is 6.29. The highest BCUT2D eigenvalue weighted by molar-refractivity contribution is 7.91. The molecule has 0 radical (unpaired) electrons. The molecule has 1 aromatic heterocycles. The molecule has 0 unspecified atom stereocenters. The van der Waals surface area contributed by atoms with Crippen LogP contribution in [-0.4, -0.2) is 31.5 Å². The number of sulfone groups is 1. The third kappa shape index (κ3) is 3.70. The van der Waals surface area contributed by atoms with Crippen LogP contribution in [0.15, 0.2) is 12.1 Å². The Morgan fingerprint density at radius 3 is 2.74 bits per heavy atom. The fraction of sp³-hybridized carbons (Fsp3) is 0.583. The Bertz CT molecular complexity index is 580. The van der Waals surface area contributed by atoms with Crippen molar-refractivity contribution in [3.05, 3.63) is 17.0 Å². The SMILES string of the molecule is CCc1ccc(NC(=O)N[C@]2(C)CCS(=O)(=O)C2)s1. The summed E-state index contributed by atoms with van der Waals surface area (Å²) in [7, 11) is -3.01. The predicted octanol–water partition coefficient (Wildman–Crippen LogP) is 2.01. The highest BCUT2D eigenvalue weighted by atomic mass is 32.2. The van der Waals surface area contributed by atoms with E-state index in [9.17, 15) is 13.2 Å². The van der Waals surface area contributed by atoms with Crippen LogP contribution < -0.4 is 10.6 Å². The van der Waals surface area contributed by atoms with Gasteiger partial charge in [0.05, 0.1) is 22.0 Å². The molecule has 7 heteroatoms. The lowest BCUT2D eigenvalue weighted by atomic mass is 10.0. The zero-order valence-corrected chi connectivity index (χ0v) is 12.7. The zero-order chi connectivity index (χ0) is 14.1. The third-order valence-electron chi connectivity index (χ3n) is 3.17. The van der Waals surface area contributed by atoms with Crippen LogP contribution >= 0.6 is 11.3 Å². The van der Waals surface area contributed by atoms with Gasteiger partial charge >= 0.3 is 6.03 Å². The molecule has 1 aliphatic heterocycles. The third-order valence-corrected chi connectivity index (χ3v) is 6.21. The van der Waals surface area contributed by atoms with Crippen LogP contribution in [0.1, 0.15) is 25.1 Å². The van der Waals surface area contributed by atoms with Gasteiger partial charge in [-0.05, 0) is 31.9 Å². The van der Waals surface area contributed by atoms with Gasteiger partial charge in [0.1, 0.15) is 0 Å². The van der Waals surface area contributed by atoms with E-state index in [1.54, 1.807) is 6.92 Å². The van der Waals surface area contributed by atoms with E-state index < -0.39 is 15.4 Å². The number of rotatable bonds is 3. The fourth-order valence-electron chi connectivity index (χ4n) is 2.16. The molecule has 1 fully saturated rings. The van der Waals surface area contributed by atoms with Gasteiger partial charge in [0.15, 0.2) is 9.84 Å². The maximum Gasteiger partial charge on any atom is 0.320 e. The lowest BCUT2D eigenvalue weighted by Gasteiger charge is -2.23. The number of hydrogen-bond donors (Lipinski definition) is 2. The minimum Gasteiger partial charge on any atom is -0.332 e. The number of anilines is 1. The Labute approximate surface area is 117 Å². The second-order valence-corrected chi connectivity index (χ2v) is 8.45. The first-order valence-corrected chi connectivity index (χ1v) is 8.84. The van der Waals surface area contributed by atoms with Crippen molar-refractivity contribution in [1.82, 2.24) is 5.32 Å². The molecule has 1 aromatic rings. The Hall–Kier alpha value is -1.08. The first-order chi connectivity index (χ1) is 8.82. The summed E-state index contributed by atoms with van der Waals surface area (Å²) in [6, 6.07) is 3.49. The maximum atomic E-state index is 11.9. The van der Waals surface area contributed by atoms with Crippen molar-refractivity contribution in [2.24, 2.45) is 0 Å². The number of thiophene rings is 1. The molecule has 1 aliphatic rings. The smallest absolute Gasteiger partial charge is 0.320 e. The average Bonchev–Trinajstić information content (AvgIpc) is 2.83. The number of hydrogen-bond acceptors (Lipinski definition) is 4. The quantitative estimate of drug-likeness (QED) is 0.897. The fourth-order valence-corrected chi connectivity index (χ4v) is 5.10. The Morgan fingerprint density at radius 1 is 1.47 bits per heavy atom. The van der Waals surface area contributed by atoms with E-state index in [4.69, 9.17) is 0 Å². The van der Waals surface area contributed by atoms with Gasteiger partial charge in [0, 0.05) is 4.88 Å². The normalized spacial score (nSPS) is 25.2. The minimum absolute atomic E-state index is 0.0120. The molecule has 1 saturated heterocycles. The van der Waals surface area contributed by atoms with E-state index in [1.165, 1.54) is 16.2 Å². The molecule has 106 valence electrons. The summed E-state index contributed by atoms with van der Waals surface area (Å²) >= 11 is 1.53. The van der Waals surface area contributed by atoms with Crippen LogP contribution in [0.4, 0.5) is 9.80 Å². The lowest BCUT2D eigenvalue weighted by molar-refractivity contribution is 0.242. The summed E-state index contributed by atoms with van der Waals surface area (Å²) in [4.78, 5) is 13.1. The largest absolute Gasteiger partial charge is 0.332 e. The number of carbonyl (C=O) groups is 1. The molecule has 0 aliphatic carbocycles. The molecule has 1 atom stereocenters. The van der Waals surface area contributed by atoms with Crippen LogP contribution in [0.3, 0.4) is 0 Å². The molecule has 2 amide bonds. The summed E-state index contributed by atoms with van der Waals surface area (Å²) in [5.41, 5.74) is -0.659. The Kier molecular flexibility index (Phi) is 3.87. The summed E-state index contributed by atoms with van der Waals surface area (Å²) in [6.45, 7) is 3.82. The van der Waals surface area contributed by atoms with Gasteiger partial charge in [-0.2, -0.15) is 0 Å². The van der Waals surface area contributed by atoms with Crippen LogP contribution in [-0.2, 0) is 16.3 Å². The van der Waals surface area contributed by atoms with Crippen LogP contribution in [0, 0.1) is 0 Å². The van der Waals surface area contributed by atoms with Crippen molar-refractivity contribution in [2.75, 3.05) is 16.8 Å². The molecule has 2 rings (SSSR count). The number of carbonyl (C=O) groups excluding carboxylic acids is 1. The van der Waals surface area contributed by atoms with E-state index >= 15 is 0 Å². The maximum absolute atomic E-state index is 11.9. The summed E-state index contributed by atoms with van der Waals surface area (Å²) in [5.74, 6) is 0.154. The molecule has 0 saturated carbocycles. The number of urea groups is 1. The topological polar surface area (TPSA) is 75.3 Å². The second-order valence-electron chi connectivity index (χ2n) is 5.10. The Morgan fingerprint density at radius 2 is 2.21 bits per heavy atom. The molecular weight excluding hydrogens is 284 g/mol. The number of nitrogens with one attached hydrogen (secondary N) is 2. The predicted molar refractivity (Wildman–Crippen MR) is 77.5 cm³/mol. The lowest BCUT2D eigenvalue weighted by Crippen LogP contribution is -2.48. The molecule has 5 nitrogen and oxygen atoms in total. The number of amides is 2. The summed E-state index contributed by atoms with van der Waals surface area (Å²) < 4.78 is 22.9. The first kappa shape index (κ1) is 14.3. The van der Waals surface area contributed by atoms with E-state index in [2.05, 4.69) is 17.6 Å². The van der Waals surface area contributed by atoms with Gasteiger partial charge in [-0.25, -0.2) is 13.2 Å². The van der Waals surface area contributed by atoms with Gasteiger partial charge < -0.3 is 5.32 Å². The van der Waals surface area contributed by atoms with Crippen LogP contribution in [0.5, 0.6) is 0 Å². The van der Waals surface area contributed by atoms with Crippen molar-refractivity contribution in [3.63, 3.8) is 0 Å². The summed E-state index contributed by atoms with van der Waals surface area (Å²) in [6.07, 6.45) is 1.40. The van der Waals surface area contributed by atoms with Gasteiger partial charge in [-0.15, -0.1) is 11.3 Å². The average molecular weight is 302 g/mol. The number of aryl methyl sites for hydroxylation is 1. The van der Waals surface area contributed by atoms with Gasteiger partial charge in [-0.1, -0.05) is 6.92 Å². The molecule has 19 heavy (non-hydrogen) atoms. The molecule has 0 aromatic carbocycles. The first-order valence-electron chi connectivity index (χ1n) is 6.20. The second kappa shape index (κ2) is 5.13. The molecule has 0 bridgehead atoms. The van der Waals surface area contributed by atoms with Crippen molar-refractivity contribution < 1.29 is 13.2 Å². The van der Waals surface area contributed by atoms with Crippen molar-refractivity contribution in [2.45, 2.75) is 32.2 Å². The van der Waals surface area contributed by atoms with Crippen LogP contribution in [0.25, 0.3) is 0 Å². The highest BCUT2D eigenvalue weighted by Crippen LogP contribution is 2.24.